The van der Waals surface area contributed by atoms with Gasteiger partial charge in [0.25, 0.3) is 5.91 Å². The molecule has 1 saturated heterocycles. The summed E-state index contributed by atoms with van der Waals surface area (Å²) in [6.07, 6.45) is 4.67. The number of rotatable bonds is 5. The zero-order chi connectivity index (χ0) is 19.5. The van der Waals surface area contributed by atoms with Gasteiger partial charge < -0.3 is 5.32 Å². The van der Waals surface area contributed by atoms with Gasteiger partial charge in [0.1, 0.15) is 6.33 Å². The molecule has 0 radical (unpaired) electrons. The van der Waals surface area contributed by atoms with Crippen molar-refractivity contribution < 1.29 is 4.79 Å². The van der Waals surface area contributed by atoms with Crippen molar-refractivity contribution in [1.82, 2.24) is 24.8 Å². The fourth-order valence-corrected chi connectivity index (χ4v) is 4.19. The summed E-state index contributed by atoms with van der Waals surface area (Å²) in [6.45, 7) is 8.56. The second kappa shape index (κ2) is 8.10. The number of aromatic nitrogens is 3. The van der Waals surface area contributed by atoms with Gasteiger partial charge in [-0.3, -0.25) is 14.1 Å². The Kier molecular flexibility index (Phi) is 5.39. The first-order chi connectivity index (χ1) is 13.6. The number of piperidine rings is 1. The number of hydrogen-bond donors (Lipinski definition) is 1. The van der Waals surface area contributed by atoms with E-state index in [0.29, 0.717) is 12.1 Å². The van der Waals surface area contributed by atoms with Gasteiger partial charge in [-0.2, -0.15) is 0 Å². The minimum atomic E-state index is -0.101. The molecule has 0 spiro atoms. The Hall–Kier alpha value is -2.73. The Morgan fingerprint density at radius 3 is 2.54 bits per heavy atom. The molecule has 2 aromatic heterocycles. The van der Waals surface area contributed by atoms with Gasteiger partial charge in [0.2, 0.25) is 0 Å². The normalized spacial score (nSPS) is 20.4. The van der Waals surface area contributed by atoms with Gasteiger partial charge in [-0.15, -0.1) is 10.2 Å². The van der Waals surface area contributed by atoms with Gasteiger partial charge in [-0.1, -0.05) is 38.1 Å². The monoisotopic (exact) mass is 377 g/mol. The van der Waals surface area contributed by atoms with Crippen molar-refractivity contribution in [3.05, 3.63) is 65.6 Å². The molecule has 146 valence electrons. The van der Waals surface area contributed by atoms with E-state index >= 15 is 0 Å². The van der Waals surface area contributed by atoms with Crippen LogP contribution in [0.3, 0.4) is 0 Å². The molecule has 6 heteroatoms. The Morgan fingerprint density at radius 1 is 1.07 bits per heavy atom. The average molecular weight is 377 g/mol. The molecule has 3 aromatic rings. The molecular weight excluding hydrogens is 350 g/mol. The van der Waals surface area contributed by atoms with E-state index in [4.69, 9.17) is 0 Å². The largest absolute Gasteiger partial charge is 0.348 e. The van der Waals surface area contributed by atoms with E-state index in [9.17, 15) is 4.79 Å². The minimum absolute atomic E-state index is 0.101. The topological polar surface area (TPSA) is 62.5 Å². The highest BCUT2D eigenvalue weighted by atomic mass is 16.1. The number of fused-ring (bicyclic) bond motifs is 1. The van der Waals surface area contributed by atoms with Crippen molar-refractivity contribution in [1.29, 1.82) is 0 Å². The molecule has 0 bridgehead atoms. The average Bonchev–Trinajstić information content (AvgIpc) is 3.14. The van der Waals surface area contributed by atoms with Gasteiger partial charge in [0, 0.05) is 32.4 Å². The van der Waals surface area contributed by atoms with Crippen molar-refractivity contribution in [3.63, 3.8) is 0 Å². The molecule has 4 rings (SSSR count). The second-order valence-corrected chi connectivity index (χ2v) is 8.15. The molecular formula is C22H27N5O. The van der Waals surface area contributed by atoms with E-state index in [1.165, 1.54) is 25.1 Å². The smallest absolute Gasteiger partial charge is 0.253 e. The Labute approximate surface area is 165 Å². The Bertz CT molecular complexity index is 939. The molecule has 2 atom stereocenters. The maximum absolute atomic E-state index is 12.4. The summed E-state index contributed by atoms with van der Waals surface area (Å²) in [5, 5.41) is 10.8. The van der Waals surface area contributed by atoms with Crippen LogP contribution < -0.4 is 5.32 Å². The molecule has 1 aromatic carbocycles. The lowest BCUT2D eigenvalue weighted by atomic mass is 9.91. The van der Waals surface area contributed by atoms with Gasteiger partial charge in [-0.05, 0) is 41.5 Å². The zero-order valence-corrected chi connectivity index (χ0v) is 16.5. The first-order valence-corrected chi connectivity index (χ1v) is 9.94. The summed E-state index contributed by atoms with van der Waals surface area (Å²) < 4.78 is 1.74. The van der Waals surface area contributed by atoms with Gasteiger partial charge in [-0.25, -0.2) is 0 Å². The SMILES string of the molecule is CC1CC(C)CN(Cc2ccc(CNC(=O)c3ccc4nncn4c3)cc2)C1. The predicted octanol–water partition coefficient (Wildman–Crippen LogP) is 3.14. The number of carbonyl (C=O) groups excluding carboxylic acids is 1. The molecule has 0 aliphatic carbocycles. The number of amides is 1. The van der Waals surface area contributed by atoms with Crippen LogP contribution in [0.1, 0.15) is 41.8 Å². The van der Waals surface area contributed by atoms with E-state index in [2.05, 4.69) is 58.5 Å². The number of likely N-dealkylation sites (tertiary alicyclic amines) is 1. The van der Waals surface area contributed by atoms with Crippen LogP contribution in [0.5, 0.6) is 0 Å². The lowest BCUT2D eigenvalue weighted by molar-refractivity contribution is 0.0950. The number of nitrogens with one attached hydrogen (secondary N) is 1. The molecule has 1 N–H and O–H groups in total. The standard InChI is InChI=1S/C22H27N5O/c1-16-9-17(2)12-26(11-16)13-19-5-3-18(4-6-19)10-23-22(28)20-7-8-21-25-24-15-27(21)14-20/h3-8,14-17H,9-13H2,1-2H3,(H,23,28). The molecule has 1 aliphatic rings. The molecule has 28 heavy (non-hydrogen) atoms. The van der Waals surface area contributed by atoms with Crippen molar-refractivity contribution in [2.45, 2.75) is 33.4 Å². The van der Waals surface area contributed by atoms with Crippen molar-refractivity contribution >= 4 is 11.6 Å². The summed E-state index contributed by atoms with van der Waals surface area (Å²) in [4.78, 5) is 15.0. The summed E-state index contributed by atoms with van der Waals surface area (Å²) >= 11 is 0. The first kappa shape index (κ1) is 18.6. The number of nitrogens with zero attached hydrogens (tertiary/aromatic N) is 4. The van der Waals surface area contributed by atoms with E-state index < -0.39 is 0 Å². The van der Waals surface area contributed by atoms with Crippen LogP contribution in [0, 0.1) is 11.8 Å². The zero-order valence-electron chi connectivity index (χ0n) is 16.5. The van der Waals surface area contributed by atoms with Crippen LogP contribution in [-0.4, -0.2) is 38.5 Å². The number of pyridine rings is 1. The van der Waals surface area contributed by atoms with Crippen LogP contribution in [-0.2, 0) is 13.1 Å². The summed E-state index contributed by atoms with van der Waals surface area (Å²) in [5.74, 6) is 1.45. The Morgan fingerprint density at radius 2 is 1.79 bits per heavy atom. The molecule has 1 aliphatic heterocycles. The van der Waals surface area contributed by atoms with Crippen molar-refractivity contribution in [2.75, 3.05) is 13.1 Å². The maximum atomic E-state index is 12.4. The van der Waals surface area contributed by atoms with Crippen molar-refractivity contribution in [2.24, 2.45) is 11.8 Å². The van der Waals surface area contributed by atoms with E-state index in [0.717, 1.165) is 29.6 Å². The number of benzene rings is 1. The van der Waals surface area contributed by atoms with Gasteiger partial charge in [0.05, 0.1) is 5.56 Å². The lowest BCUT2D eigenvalue weighted by Gasteiger charge is -2.35. The highest BCUT2D eigenvalue weighted by Crippen LogP contribution is 2.22. The second-order valence-electron chi connectivity index (χ2n) is 8.15. The minimum Gasteiger partial charge on any atom is -0.348 e. The van der Waals surface area contributed by atoms with Crippen molar-refractivity contribution in [3.8, 4) is 0 Å². The van der Waals surface area contributed by atoms with Crippen LogP contribution in [0.2, 0.25) is 0 Å². The van der Waals surface area contributed by atoms with E-state index in [1.807, 2.05) is 0 Å². The fourth-order valence-electron chi connectivity index (χ4n) is 4.19. The molecule has 1 amide bonds. The Balaban J connectivity index is 1.32. The maximum Gasteiger partial charge on any atom is 0.253 e. The van der Waals surface area contributed by atoms with Crippen LogP contribution in [0.15, 0.2) is 48.9 Å². The first-order valence-electron chi connectivity index (χ1n) is 9.94. The third-order valence-corrected chi connectivity index (χ3v) is 5.38. The van der Waals surface area contributed by atoms with Crippen LogP contribution in [0.25, 0.3) is 5.65 Å². The third kappa shape index (κ3) is 4.39. The fraction of sp³-hybridized carbons (Fsp3) is 0.409. The predicted molar refractivity (Wildman–Crippen MR) is 109 cm³/mol. The van der Waals surface area contributed by atoms with Crippen LogP contribution in [0.4, 0.5) is 0 Å². The summed E-state index contributed by atoms with van der Waals surface area (Å²) in [6, 6.07) is 12.1. The van der Waals surface area contributed by atoms with Gasteiger partial charge >= 0.3 is 0 Å². The number of carbonyl (C=O) groups is 1. The molecule has 3 heterocycles. The lowest BCUT2D eigenvalue weighted by Crippen LogP contribution is -2.38. The quantitative estimate of drug-likeness (QED) is 0.742. The molecule has 2 unspecified atom stereocenters. The summed E-state index contributed by atoms with van der Waals surface area (Å²) in [7, 11) is 0. The highest BCUT2D eigenvalue weighted by Gasteiger charge is 2.21. The summed E-state index contributed by atoms with van der Waals surface area (Å²) in [5.41, 5.74) is 3.75. The molecule has 6 nitrogen and oxygen atoms in total. The molecule has 1 fully saturated rings. The van der Waals surface area contributed by atoms with E-state index in [1.54, 1.807) is 29.1 Å². The number of hydrogen-bond acceptors (Lipinski definition) is 4. The molecule has 0 saturated carbocycles. The van der Waals surface area contributed by atoms with Gasteiger partial charge in [0.15, 0.2) is 5.65 Å². The van der Waals surface area contributed by atoms with Crippen LogP contribution >= 0.6 is 0 Å². The third-order valence-electron chi connectivity index (χ3n) is 5.38. The van der Waals surface area contributed by atoms with E-state index in [-0.39, 0.29) is 5.91 Å². The highest BCUT2D eigenvalue weighted by molar-refractivity contribution is 5.94.